The van der Waals surface area contributed by atoms with Crippen molar-refractivity contribution in [3.8, 4) is 5.75 Å². The first-order valence-corrected chi connectivity index (χ1v) is 10.4. The zero-order valence-corrected chi connectivity index (χ0v) is 16.6. The van der Waals surface area contributed by atoms with Gasteiger partial charge in [0.1, 0.15) is 5.75 Å². The average Bonchev–Trinajstić information content (AvgIpc) is 2.99. The molecule has 6 rings (SSSR count). The van der Waals surface area contributed by atoms with Crippen LogP contribution in [0.15, 0.2) is 54.6 Å². The van der Waals surface area contributed by atoms with Gasteiger partial charge < -0.3 is 19.9 Å². The highest BCUT2D eigenvalue weighted by molar-refractivity contribution is 5.97. The van der Waals surface area contributed by atoms with Gasteiger partial charge in [0.2, 0.25) is 0 Å². The monoisotopic (exact) mass is 413 g/mol. The Bertz CT molecular complexity index is 908. The maximum absolute atomic E-state index is 13.2. The van der Waals surface area contributed by atoms with Crippen molar-refractivity contribution in [2.45, 2.75) is 18.1 Å². The molecule has 5 nitrogen and oxygen atoms in total. The lowest BCUT2D eigenvalue weighted by molar-refractivity contribution is -0.0502. The second-order valence-electron chi connectivity index (χ2n) is 8.58. The second-order valence-corrected chi connectivity index (χ2v) is 8.58. The number of hydrogen-bond donors (Lipinski definition) is 1. The van der Waals surface area contributed by atoms with Crippen molar-refractivity contribution in [3.63, 3.8) is 0 Å². The summed E-state index contributed by atoms with van der Waals surface area (Å²) >= 11 is 0. The fourth-order valence-corrected chi connectivity index (χ4v) is 5.64. The van der Waals surface area contributed by atoms with E-state index in [9.17, 15) is 13.6 Å². The summed E-state index contributed by atoms with van der Waals surface area (Å²) in [5, 5.41) is 3.24. The molecule has 4 aliphatic heterocycles. The molecule has 4 saturated heterocycles. The van der Waals surface area contributed by atoms with E-state index < -0.39 is 6.61 Å². The zero-order chi connectivity index (χ0) is 20.7. The third kappa shape index (κ3) is 3.36. The molecule has 0 spiro atoms. The normalized spacial score (nSPS) is 32.1. The van der Waals surface area contributed by atoms with E-state index >= 15 is 0 Å². The van der Waals surface area contributed by atoms with E-state index in [4.69, 9.17) is 0 Å². The summed E-state index contributed by atoms with van der Waals surface area (Å²) in [5.74, 6) is -0.169. The number of carbonyl (C=O) groups is 1. The molecule has 0 radical (unpaired) electrons. The standard InChI is InChI=1S/C23H25F2N3O2/c24-22(25)30-19-9-5-4-8-18(19)21(29)26-20-16-12-27-10-11-28(13-16)15-23(20,14-27)17-6-2-1-3-7-17/h1-9,16,20,22H,10-15H2,(H,26,29)/t16?,20-,23?/m1/s1. The van der Waals surface area contributed by atoms with E-state index in [1.165, 1.54) is 17.7 Å². The molecule has 3 atom stereocenters. The predicted octanol–water partition coefficient (Wildman–Crippen LogP) is 2.59. The summed E-state index contributed by atoms with van der Waals surface area (Å²) in [6.45, 7) is 2.73. The van der Waals surface area contributed by atoms with Crippen LogP contribution in [-0.2, 0) is 5.41 Å². The highest BCUT2D eigenvalue weighted by Crippen LogP contribution is 2.43. The van der Waals surface area contributed by atoms with Crippen LogP contribution in [0, 0.1) is 5.92 Å². The summed E-state index contributed by atoms with van der Waals surface area (Å²) < 4.78 is 30.2. The van der Waals surface area contributed by atoms with Gasteiger partial charge in [0.15, 0.2) is 0 Å². The van der Waals surface area contributed by atoms with Crippen LogP contribution in [0.4, 0.5) is 8.78 Å². The van der Waals surface area contributed by atoms with Gasteiger partial charge in [-0.05, 0) is 17.7 Å². The van der Waals surface area contributed by atoms with Crippen LogP contribution in [0.5, 0.6) is 5.75 Å². The molecule has 2 aromatic carbocycles. The minimum Gasteiger partial charge on any atom is -0.434 e. The molecule has 4 bridgehead atoms. The molecule has 158 valence electrons. The fourth-order valence-electron chi connectivity index (χ4n) is 5.64. The largest absolute Gasteiger partial charge is 0.434 e. The number of fused-ring (bicyclic) bond motifs is 1. The third-order valence-corrected chi connectivity index (χ3v) is 6.78. The van der Waals surface area contributed by atoms with Gasteiger partial charge in [-0.3, -0.25) is 4.79 Å². The number of amides is 1. The number of nitrogens with zero attached hydrogens (tertiary/aromatic N) is 2. The number of rotatable bonds is 5. The van der Waals surface area contributed by atoms with E-state index in [0.29, 0.717) is 0 Å². The minimum absolute atomic E-state index is 0.0717. The highest BCUT2D eigenvalue weighted by Gasteiger charge is 2.55. The Hall–Kier alpha value is -2.51. The molecular formula is C23H25F2N3O2. The van der Waals surface area contributed by atoms with Crippen molar-refractivity contribution in [2.24, 2.45) is 5.92 Å². The number of piperidine rings is 2. The molecule has 0 aromatic heterocycles. The number of hydrogen-bond acceptors (Lipinski definition) is 4. The predicted molar refractivity (Wildman–Crippen MR) is 109 cm³/mol. The van der Waals surface area contributed by atoms with Gasteiger partial charge in [-0.25, -0.2) is 0 Å². The summed E-state index contributed by atoms with van der Waals surface area (Å²) in [6, 6.07) is 16.5. The Balaban J connectivity index is 1.50. The molecule has 2 aromatic rings. The van der Waals surface area contributed by atoms with Crippen molar-refractivity contribution in [1.29, 1.82) is 0 Å². The zero-order valence-electron chi connectivity index (χ0n) is 16.6. The van der Waals surface area contributed by atoms with E-state index in [1.807, 2.05) is 18.2 Å². The van der Waals surface area contributed by atoms with E-state index in [1.54, 1.807) is 12.1 Å². The number of nitrogens with one attached hydrogen (secondary N) is 1. The minimum atomic E-state index is -2.97. The van der Waals surface area contributed by atoms with Crippen LogP contribution in [0.2, 0.25) is 0 Å². The quantitative estimate of drug-likeness (QED) is 0.819. The van der Waals surface area contributed by atoms with Gasteiger partial charge in [0.05, 0.1) is 5.56 Å². The van der Waals surface area contributed by atoms with E-state index in [0.717, 1.165) is 39.3 Å². The molecule has 4 heterocycles. The molecule has 1 N–H and O–H groups in total. The first kappa shape index (κ1) is 19.5. The molecule has 0 aliphatic carbocycles. The Morgan fingerprint density at radius 1 is 1.00 bits per heavy atom. The number of para-hydroxylation sites is 1. The van der Waals surface area contributed by atoms with Crippen LogP contribution < -0.4 is 10.1 Å². The molecule has 1 amide bonds. The van der Waals surface area contributed by atoms with Crippen LogP contribution in [0.3, 0.4) is 0 Å². The number of halogens is 2. The summed E-state index contributed by atoms with van der Waals surface area (Å²) in [7, 11) is 0. The average molecular weight is 413 g/mol. The lowest BCUT2D eigenvalue weighted by Crippen LogP contribution is -2.70. The van der Waals surface area contributed by atoms with Crippen LogP contribution >= 0.6 is 0 Å². The van der Waals surface area contributed by atoms with Gasteiger partial charge in [-0.2, -0.15) is 8.78 Å². The van der Waals surface area contributed by atoms with Crippen molar-refractivity contribution in [3.05, 3.63) is 65.7 Å². The van der Waals surface area contributed by atoms with E-state index in [-0.39, 0.29) is 34.6 Å². The maximum atomic E-state index is 13.2. The smallest absolute Gasteiger partial charge is 0.387 e. The topological polar surface area (TPSA) is 44.8 Å². The van der Waals surface area contributed by atoms with Crippen molar-refractivity contribution >= 4 is 5.91 Å². The van der Waals surface area contributed by atoms with Crippen molar-refractivity contribution in [2.75, 3.05) is 39.3 Å². The number of alkyl halides is 2. The Kier molecular flexibility index (Phi) is 4.95. The first-order chi connectivity index (χ1) is 14.5. The van der Waals surface area contributed by atoms with Crippen LogP contribution in [-0.4, -0.2) is 67.6 Å². The van der Waals surface area contributed by atoms with Gasteiger partial charge >= 0.3 is 6.61 Å². The molecule has 30 heavy (non-hydrogen) atoms. The van der Waals surface area contributed by atoms with Gasteiger partial charge in [-0.15, -0.1) is 0 Å². The van der Waals surface area contributed by atoms with Crippen molar-refractivity contribution in [1.82, 2.24) is 15.1 Å². The number of carbonyl (C=O) groups excluding carboxylic acids is 1. The third-order valence-electron chi connectivity index (χ3n) is 6.78. The summed E-state index contributed by atoms with van der Waals surface area (Å²) in [4.78, 5) is 18.2. The molecule has 2 unspecified atom stereocenters. The highest BCUT2D eigenvalue weighted by atomic mass is 19.3. The Morgan fingerprint density at radius 3 is 2.30 bits per heavy atom. The summed E-state index contributed by atoms with van der Waals surface area (Å²) in [6.07, 6.45) is 0. The molecule has 0 saturated carbocycles. The summed E-state index contributed by atoms with van der Waals surface area (Å²) in [5.41, 5.74) is 1.13. The first-order valence-electron chi connectivity index (χ1n) is 10.4. The van der Waals surface area contributed by atoms with Gasteiger partial charge in [0.25, 0.3) is 5.91 Å². The molecule has 4 aliphatic rings. The number of ether oxygens (including phenoxy) is 1. The van der Waals surface area contributed by atoms with Crippen LogP contribution in [0.25, 0.3) is 0 Å². The SMILES string of the molecule is O=C(N[C@@H]1C2CN3CCN(C2)CC1(c1ccccc1)C3)c1ccccc1OC(F)F. The Labute approximate surface area is 174 Å². The Morgan fingerprint density at radius 2 is 1.63 bits per heavy atom. The maximum Gasteiger partial charge on any atom is 0.387 e. The van der Waals surface area contributed by atoms with Gasteiger partial charge in [-0.1, -0.05) is 42.5 Å². The van der Waals surface area contributed by atoms with Crippen molar-refractivity contribution < 1.29 is 18.3 Å². The molecule has 4 fully saturated rings. The number of benzene rings is 2. The molecule has 7 heteroatoms. The van der Waals surface area contributed by atoms with Gasteiger partial charge in [0, 0.05) is 56.6 Å². The molecular weight excluding hydrogens is 388 g/mol. The fraction of sp³-hybridized carbons (Fsp3) is 0.435. The van der Waals surface area contributed by atoms with E-state index in [2.05, 4.69) is 32.0 Å². The lowest BCUT2D eigenvalue weighted by atomic mass is 9.64. The van der Waals surface area contributed by atoms with Crippen LogP contribution in [0.1, 0.15) is 15.9 Å². The lowest BCUT2D eigenvalue weighted by Gasteiger charge is -2.55. The second kappa shape index (κ2) is 7.63.